The molecule has 2 heterocycles. The van der Waals surface area contributed by atoms with Crippen molar-refractivity contribution in [2.75, 3.05) is 21.3 Å². The van der Waals surface area contributed by atoms with Crippen molar-refractivity contribution in [1.82, 2.24) is 20.2 Å². The number of ether oxygens (including phenoxy) is 3. The number of carboxylic acid groups (broad SMARTS) is 1. The lowest BCUT2D eigenvalue weighted by molar-refractivity contribution is -0.199. The van der Waals surface area contributed by atoms with Gasteiger partial charge in [0.05, 0.1) is 47.6 Å². The summed E-state index contributed by atoms with van der Waals surface area (Å²) >= 11 is 14.2. The Kier molecular flexibility index (Phi) is 9.49. The quantitative estimate of drug-likeness (QED) is 0.158. The second kappa shape index (κ2) is 13.4. The van der Waals surface area contributed by atoms with E-state index in [4.69, 9.17) is 42.4 Å². The molecule has 0 atom stereocenters. The van der Waals surface area contributed by atoms with Gasteiger partial charge in [-0.1, -0.05) is 41.4 Å². The number of carbonyl (C=O) groups excluding carboxylic acids is 1. The van der Waals surface area contributed by atoms with E-state index >= 15 is 0 Å². The lowest BCUT2D eigenvalue weighted by Crippen LogP contribution is -2.76. The Hall–Kier alpha value is -4.38. The molecule has 0 radical (unpaired) electrons. The van der Waals surface area contributed by atoms with E-state index in [0.717, 1.165) is 11.1 Å². The lowest BCUT2D eigenvalue weighted by Gasteiger charge is -2.68. The fourth-order valence-electron chi connectivity index (χ4n) is 6.88. The number of aliphatic carboxylic acids is 1. The SMILES string of the molecule is COc1cc(CNC23CC(C(=O)O)(C2)C3)cc(-c2nccc(-c3cccc(-c4ccc(CN(C)C(=O)OC(C)(C)C)c(OC)n4)c3Cl)c2Cl)c1. The molecule has 2 aromatic heterocycles. The topological polar surface area (TPSA) is 123 Å². The van der Waals surface area contributed by atoms with Crippen LogP contribution in [0.5, 0.6) is 11.6 Å². The summed E-state index contributed by atoms with van der Waals surface area (Å²) in [7, 11) is 4.80. The van der Waals surface area contributed by atoms with E-state index in [0.29, 0.717) is 81.1 Å². The van der Waals surface area contributed by atoms with Crippen LogP contribution in [0.25, 0.3) is 33.6 Å². The molecule has 1 amide bonds. The number of hydrogen-bond donors (Lipinski definition) is 2. The van der Waals surface area contributed by atoms with Crippen LogP contribution >= 0.6 is 23.2 Å². The van der Waals surface area contributed by atoms with Crippen LogP contribution in [0.4, 0.5) is 4.79 Å². The molecule has 2 N–H and O–H groups in total. The fourth-order valence-corrected chi connectivity index (χ4v) is 7.52. The first-order chi connectivity index (χ1) is 23.7. The molecule has 2 bridgehead atoms. The molecule has 10 nitrogen and oxygen atoms in total. The number of carboxylic acids is 1. The molecule has 0 spiro atoms. The normalized spacial score (nSPS) is 19.2. The highest BCUT2D eigenvalue weighted by atomic mass is 35.5. The first-order valence-corrected chi connectivity index (χ1v) is 17.0. The molecule has 3 saturated carbocycles. The summed E-state index contributed by atoms with van der Waals surface area (Å²) in [5, 5.41) is 13.9. The zero-order chi connectivity index (χ0) is 36.0. The molecule has 2 aromatic carbocycles. The van der Waals surface area contributed by atoms with Crippen LogP contribution < -0.4 is 14.8 Å². The van der Waals surface area contributed by atoms with Crippen LogP contribution in [0.15, 0.2) is 60.8 Å². The van der Waals surface area contributed by atoms with Crippen LogP contribution in [-0.2, 0) is 22.6 Å². The number of hydrogen-bond acceptors (Lipinski definition) is 8. The summed E-state index contributed by atoms with van der Waals surface area (Å²) in [6, 6.07) is 17.0. The molecule has 0 aliphatic heterocycles. The van der Waals surface area contributed by atoms with Crippen LogP contribution in [0.1, 0.15) is 51.2 Å². The van der Waals surface area contributed by atoms with Crippen molar-refractivity contribution < 1.29 is 28.9 Å². The number of nitrogens with zero attached hydrogens (tertiary/aromatic N) is 3. The first kappa shape index (κ1) is 35.4. The highest BCUT2D eigenvalue weighted by Crippen LogP contribution is 2.67. The zero-order valence-corrected chi connectivity index (χ0v) is 30.4. The molecular weight excluding hydrogens is 679 g/mol. The Labute approximate surface area is 301 Å². The van der Waals surface area contributed by atoms with Gasteiger partial charge >= 0.3 is 12.1 Å². The number of carbonyl (C=O) groups is 2. The minimum Gasteiger partial charge on any atom is -0.497 e. The summed E-state index contributed by atoms with van der Waals surface area (Å²) in [6.07, 6.45) is 3.20. The maximum Gasteiger partial charge on any atom is 0.410 e. The van der Waals surface area contributed by atoms with Crippen LogP contribution in [-0.4, -0.2) is 64.4 Å². The third-order valence-corrected chi connectivity index (χ3v) is 10.1. The second-order valence-electron chi connectivity index (χ2n) is 14.2. The van der Waals surface area contributed by atoms with Crippen molar-refractivity contribution in [2.24, 2.45) is 5.41 Å². The lowest BCUT2D eigenvalue weighted by atomic mass is 9.39. The van der Waals surface area contributed by atoms with Crippen LogP contribution in [0.3, 0.4) is 0 Å². The molecule has 0 saturated heterocycles. The van der Waals surface area contributed by atoms with Gasteiger partial charge in [0.2, 0.25) is 5.88 Å². The van der Waals surface area contributed by atoms with Crippen molar-refractivity contribution in [3.63, 3.8) is 0 Å². The van der Waals surface area contributed by atoms with E-state index in [1.807, 2.05) is 75.4 Å². The van der Waals surface area contributed by atoms with Gasteiger partial charge in [-0.15, -0.1) is 0 Å². The van der Waals surface area contributed by atoms with Gasteiger partial charge in [0, 0.05) is 53.1 Å². The molecule has 4 aromatic rings. The Morgan fingerprint density at radius 3 is 2.32 bits per heavy atom. The minimum atomic E-state index is -0.704. The second-order valence-corrected chi connectivity index (χ2v) is 15.0. The van der Waals surface area contributed by atoms with Crippen molar-refractivity contribution in [3.05, 3.63) is 82.0 Å². The third kappa shape index (κ3) is 6.84. The van der Waals surface area contributed by atoms with Gasteiger partial charge in [-0.05, 0) is 82.0 Å². The number of benzene rings is 2. The van der Waals surface area contributed by atoms with Gasteiger partial charge in [0.25, 0.3) is 0 Å². The van der Waals surface area contributed by atoms with Gasteiger partial charge in [0.15, 0.2) is 0 Å². The van der Waals surface area contributed by atoms with E-state index in [-0.39, 0.29) is 12.1 Å². The summed E-state index contributed by atoms with van der Waals surface area (Å²) in [5.74, 6) is 0.315. The predicted octanol–water partition coefficient (Wildman–Crippen LogP) is 8.27. The molecule has 262 valence electrons. The number of halogens is 2. The number of pyridine rings is 2. The smallest absolute Gasteiger partial charge is 0.410 e. The van der Waals surface area contributed by atoms with Crippen LogP contribution in [0.2, 0.25) is 10.0 Å². The van der Waals surface area contributed by atoms with Crippen molar-refractivity contribution >= 4 is 35.3 Å². The molecule has 3 fully saturated rings. The molecule has 50 heavy (non-hydrogen) atoms. The van der Waals surface area contributed by atoms with Crippen LogP contribution in [0, 0.1) is 5.41 Å². The van der Waals surface area contributed by atoms with Crippen molar-refractivity contribution in [1.29, 1.82) is 0 Å². The number of rotatable bonds is 11. The summed E-state index contributed by atoms with van der Waals surface area (Å²) in [4.78, 5) is 34.9. The van der Waals surface area contributed by atoms with E-state index in [2.05, 4.69) is 10.3 Å². The van der Waals surface area contributed by atoms with E-state index < -0.39 is 23.1 Å². The molecule has 3 aliphatic carbocycles. The van der Waals surface area contributed by atoms with E-state index in [1.54, 1.807) is 20.4 Å². The molecule has 3 aliphatic rings. The Balaban J connectivity index is 1.26. The third-order valence-electron chi connectivity index (χ3n) is 9.33. The Morgan fingerprint density at radius 2 is 1.66 bits per heavy atom. The Morgan fingerprint density at radius 1 is 0.960 bits per heavy atom. The van der Waals surface area contributed by atoms with Gasteiger partial charge < -0.3 is 29.5 Å². The minimum absolute atomic E-state index is 0.116. The zero-order valence-electron chi connectivity index (χ0n) is 28.9. The van der Waals surface area contributed by atoms with Crippen molar-refractivity contribution in [3.8, 4) is 45.3 Å². The fraction of sp³-hybridized carbons (Fsp3) is 0.368. The summed E-state index contributed by atoms with van der Waals surface area (Å²) in [5.41, 5.74) is 4.41. The number of aromatic nitrogens is 2. The molecular formula is C38H40Cl2N4O6. The highest BCUT2D eigenvalue weighted by Gasteiger charge is 2.71. The van der Waals surface area contributed by atoms with Gasteiger partial charge in [0.1, 0.15) is 11.4 Å². The summed E-state index contributed by atoms with van der Waals surface area (Å²) < 4.78 is 16.7. The maximum absolute atomic E-state index is 12.6. The van der Waals surface area contributed by atoms with Gasteiger partial charge in [-0.25, -0.2) is 9.78 Å². The monoisotopic (exact) mass is 718 g/mol. The standard InChI is InChI=1S/C38H40Cl2N4O6/c1-36(2,3)50-35(47)44(4)18-23-10-11-29(43-33(23)49-6)28-9-7-8-26(30(28)39)27-12-13-41-32(31(27)40)24-14-22(15-25(16-24)48-5)17-42-38-19-37(20-38,21-38)34(45)46/h7-16,42H,17-21H2,1-6H3,(H,45,46). The number of methoxy groups -OCH3 is 2. The molecule has 0 unspecified atom stereocenters. The Bertz CT molecular complexity index is 1960. The number of nitrogens with one attached hydrogen (secondary N) is 1. The molecule has 7 rings (SSSR count). The maximum atomic E-state index is 12.6. The first-order valence-electron chi connectivity index (χ1n) is 16.2. The van der Waals surface area contributed by atoms with E-state index in [9.17, 15) is 14.7 Å². The highest BCUT2D eigenvalue weighted by molar-refractivity contribution is 6.39. The number of amides is 1. The predicted molar refractivity (Wildman–Crippen MR) is 193 cm³/mol. The average molecular weight is 720 g/mol. The average Bonchev–Trinajstić information content (AvgIpc) is 3.03. The van der Waals surface area contributed by atoms with Gasteiger partial charge in [-0.3, -0.25) is 9.78 Å². The van der Waals surface area contributed by atoms with E-state index in [1.165, 1.54) is 12.0 Å². The molecule has 12 heteroatoms. The van der Waals surface area contributed by atoms with Crippen molar-refractivity contribution in [2.45, 2.75) is 64.3 Å². The largest absolute Gasteiger partial charge is 0.497 e. The summed E-state index contributed by atoms with van der Waals surface area (Å²) in [6.45, 7) is 6.25. The van der Waals surface area contributed by atoms with Gasteiger partial charge in [-0.2, -0.15) is 0 Å².